The number of urea groups is 2. The Kier molecular flexibility index (Phi) is 4.97. The quantitative estimate of drug-likeness (QED) is 0.840. The number of anilines is 1. The van der Waals surface area contributed by atoms with Crippen LogP contribution in [0.3, 0.4) is 0 Å². The Morgan fingerprint density at radius 1 is 1.11 bits per heavy atom. The van der Waals surface area contributed by atoms with Crippen LogP contribution in [0.5, 0.6) is 0 Å². The molecule has 0 aliphatic carbocycles. The van der Waals surface area contributed by atoms with E-state index < -0.39 is 12.1 Å². The highest BCUT2D eigenvalue weighted by atomic mass is 16.5. The zero-order chi connectivity index (χ0) is 19.8. The second-order valence-corrected chi connectivity index (χ2v) is 7.78. The molecule has 8 nitrogen and oxygen atoms in total. The lowest BCUT2D eigenvalue weighted by Crippen LogP contribution is -2.66. The second-order valence-electron chi connectivity index (χ2n) is 7.78. The summed E-state index contributed by atoms with van der Waals surface area (Å²) in [5, 5.41) is 2.91. The maximum atomic E-state index is 13.3. The molecule has 28 heavy (non-hydrogen) atoms. The van der Waals surface area contributed by atoms with Gasteiger partial charge in [-0.2, -0.15) is 0 Å². The van der Waals surface area contributed by atoms with Gasteiger partial charge in [0.1, 0.15) is 6.04 Å². The van der Waals surface area contributed by atoms with Crippen molar-refractivity contribution >= 4 is 23.7 Å². The molecule has 0 bridgehead atoms. The highest BCUT2D eigenvalue weighted by Crippen LogP contribution is 2.29. The van der Waals surface area contributed by atoms with Gasteiger partial charge in [-0.05, 0) is 30.0 Å². The number of rotatable bonds is 2. The third kappa shape index (κ3) is 3.22. The van der Waals surface area contributed by atoms with E-state index in [1.807, 2.05) is 12.1 Å². The molecule has 2 atom stereocenters. The largest absolute Gasteiger partial charge is 0.378 e. The van der Waals surface area contributed by atoms with E-state index in [2.05, 4.69) is 19.2 Å². The van der Waals surface area contributed by atoms with Gasteiger partial charge in [-0.25, -0.2) is 14.5 Å². The summed E-state index contributed by atoms with van der Waals surface area (Å²) in [6.45, 7) is 6.69. The van der Waals surface area contributed by atoms with Crippen molar-refractivity contribution in [2.75, 3.05) is 37.7 Å². The fourth-order valence-corrected chi connectivity index (χ4v) is 4.11. The fraction of sp³-hybridized carbons (Fsp3) is 0.550. The predicted octanol–water partition coefficient (Wildman–Crippen LogP) is 1.76. The first-order chi connectivity index (χ1) is 13.5. The number of benzene rings is 1. The number of ether oxygens (including phenoxy) is 1. The van der Waals surface area contributed by atoms with Gasteiger partial charge in [-0.15, -0.1) is 0 Å². The van der Waals surface area contributed by atoms with E-state index >= 15 is 0 Å². The average molecular weight is 386 g/mol. The number of likely N-dealkylation sites (tertiary alicyclic amines) is 1. The number of carbonyl (C=O) groups excluding carboxylic acids is 3. The number of nitrogens with one attached hydrogen (secondary N) is 1. The number of morpholine rings is 1. The Morgan fingerprint density at radius 2 is 1.79 bits per heavy atom. The smallest absolute Gasteiger partial charge is 0.329 e. The first kappa shape index (κ1) is 18.7. The van der Waals surface area contributed by atoms with Crippen molar-refractivity contribution in [3.63, 3.8) is 0 Å². The van der Waals surface area contributed by atoms with Crippen LogP contribution in [0.2, 0.25) is 0 Å². The van der Waals surface area contributed by atoms with E-state index in [1.54, 1.807) is 21.9 Å². The molecule has 4 rings (SSSR count). The molecule has 0 radical (unpaired) electrons. The maximum Gasteiger partial charge on any atom is 0.329 e. The monoisotopic (exact) mass is 386 g/mol. The molecule has 3 fully saturated rings. The third-order valence-corrected chi connectivity index (χ3v) is 5.73. The van der Waals surface area contributed by atoms with Crippen LogP contribution in [-0.4, -0.2) is 72.7 Å². The second kappa shape index (κ2) is 7.43. The van der Waals surface area contributed by atoms with E-state index in [0.717, 1.165) is 10.5 Å². The van der Waals surface area contributed by atoms with Gasteiger partial charge in [0.15, 0.2) is 0 Å². The number of nitrogens with zero attached hydrogens (tertiary/aromatic N) is 3. The minimum atomic E-state index is -0.669. The molecule has 150 valence electrons. The van der Waals surface area contributed by atoms with Gasteiger partial charge >= 0.3 is 12.1 Å². The normalized spacial score (nSPS) is 25.2. The lowest BCUT2D eigenvalue weighted by atomic mass is 10.0. The minimum Gasteiger partial charge on any atom is -0.378 e. The van der Waals surface area contributed by atoms with E-state index in [9.17, 15) is 14.4 Å². The number of imide groups is 1. The molecule has 5 amide bonds. The van der Waals surface area contributed by atoms with Crippen molar-refractivity contribution in [1.82, 2.24) is 15.1 Å². The lowest BCUT2D eigenvalue weighted by Gasteiger charge is -2.39. The Balaban J connectivity index is 1.57. The van der Waals surface area contributed by atoms with Crippen LogP contribution >= 0.6 is 0 Å². The van der Waals surface area contributed by atoms with Gasteiger partial charge in [0.25, 0.3) is 5.91 Å². The van der Waals surface area contributed by atoms with Gasteiger partial charge in [0.2, 0.25) is 0 Å². The highest BCUT2D eigenvalue weighted by molar-refractivity contribution is 6.19. The lowest BCUT2D eigenvalue weighted by molar-refractivity contribution is -0.122. The predicted molar refractivity (Wildman–Crippen MR) is 103 cm³/mol. The van der Waals surface area contributed by atoms with Crippen LogP contribution in [0.1, 0.15) is 31.7 Å². The van der Waals surface area contributed by atoms with E-state index in [-0.39, 0.29) is 18.0 Å². The van der Waals surface area contributed by atoms with Crippen molar-refractivity contribution in [3.05, 3.63) is 29.8 Å². The van der Waals surface area contributed by atoms with Crippen LogP contribution in [0.15, 0.2) is 24.3 Å². The van der Waals surface area contributed by atoms with Crippen LogP contribution in [0, 0.1) is 0 Å². The molecule has 0 aromatic heterocycles. The zero-order valence-corrected chi connectivity index (χ0v) is 16.3. The Morgan fingerprint density at radius 3 is 2.43 bits per heavy atom. The van der Waals surface area contributed by atoms with Crippen molar-refractivity contribution in [3.8, 4) is 0 Å². The standard InChI is InChI=1S/C20H26N4O4/c1-13(2)14-3-5-15(6-4-14)24-18(25)17-16(21-19(24)26)7-8-23(17)20(27)22-9-11-28-12-10-22/h3-6,13,16-17H,7-12H2,1-2H3,(H,21,26)/t16-,17-/m1/s1. The molecule has 3 aliphatic rings. The molecule has 1 N–H and O–H groups in total. The molecule has 3 aliphatic heterocycles. The fourth-order valence-electron chi connectivity index (χ4n) is 4.11. The number of carbonyl (C=O) groups is 3. The summed E-state index contributed by atoms with van der Waals surface area (Å²) in [5.41, 5.74) is 1.66. The SMILES string of the molecule is CC(C)c1ccc(N2C(=O)N[C@@H]3CCN(C(=O)N4CCOCC4)[C@H]3C2=O)cc1. The Hall–Kier alpha value is -2.61. The Bertz CT molecular complexity index is 773. The molecule has 3 saturated heterocycles. The minimum absolute atomic E-state index is 0.157. The first-order valence-electron chi connectivity index (χ1n) is 9.85. The summed E-state index contributed by atoms with van der Waals surface area (Å²) in [6.07, 6.45) is 0.582. The van der Waals surface area contributed by atoms with E-state index in [0.29, 0.717) is 50.9 Å². The molecule has 1 aromatic carbocycles. The van der Waals surface area contributed by atoms with Crippen molar-refractivity contribution in [1.29, 1.82) is 0 Å². The molecular formula is C20H26N4O4. The van der Waals surface area contributed by atoms with Crippen molar-refractivity contribution in [2.45, 2.75) is 38.3 Å². The number of amides is 5. The first-order valence-corrected chi connectivity index (χ1v) is 9.85. The average Bonchev–Trinajstić information content (AvgIpc) is 3.12. The Labute approximate surface area is 164 Å². The van der Waals surface area contributed by atoms with E-state index in [4.69, 9.17) is 4.74 Å². The van der Waals surface area contributed by atoms with Crippen molar-refractivity contribution < 1.29 is 19.1 Å². The third-order valence-electron chi connectivity index (χ3n) is 5.73. The molecule has 0 saturated carbocycles. The molecular weight excluding hydrogens is 360 g/mol. The van der Waals surface area contributed by atoms with Crippen LogP contribution in [0.4, 0.5) is 15.3 Å². The summed E-state index contributed by atoms with van der Waals surface area (Å²) in [7, 11) is 0. The van der Waals surface area contributed by atoms with Crippen LogP contribution in [0.25, 0.3) is 0 Å². The molecule has 1 aromatic rings. The van der Waals surface area contributed by atoms with Gasteiger partial charge in [-0.3, -0.25) is 4.79 Å². The molecule has 3 heterocycles. The summed E-state index contributed by atoms with van der Waals surface area (Å²) < 4.78 is 5.31. The van der Waals surface area contributed by atoms with Crippen molar-refractivity contribution in [2.24, 2.45) is 0 Å². The molecule has 0 unspecified atom stereocenters. The van der Waals surface area contributed by atoms with Crippen LogP contribution in [-0.2, 0) is 9.53 Å². The zero-order valence-electron chi connectivity index (χ0n) is 16.3. The number of hydrogen-bond donors (Lipinski definition) is 1. The summed E-state index contributed by atoms with van der Waals surface area (Å²) in [4.78, 5) is 43.3. The topological polar surface area (TPSA) is 82.2 Å². The van der Waals surface area contributed by atoms with Gasteiger partial charge in [-0.1, -0.05) is 26.0 Å². The summed E-state index contributed by atoms with van der Waals surface area (Å²) >= 11 is 0. The van der Waals surface area contributed by atoms with Gasteiger partial charge < -0.3 is 19.9 Å². The summed E-state index contributed by atoms with van der Waals surface area (Å²) in [6, 6.07) is 5.84. The molecule has 0 spiro atoms. The maximum absolute atomic E-state index is 13.3. The van der Waals surface area contributed by atoms with E-state index in [1.165, 1.54) is 0 Å². The van der Waals surface area contributed by atoms with Gasteiger partial charge in [0.05, 0.1) is 24.9 Å². The highest BCUT2D eigenvalue weighted by Gasteiger charge is 2.50. The number of fused-ring (bicyclic) bond motifs is 1. The van der Waals surface area contributed by atoms with Gasteiger partial charge in [0, 0.05) is 19.6 Å². The van der Waals surface area contributed by atoms with Crippen LogP contribution < -0.4 is 10.2 Å². The molecule has 8 heteroatoms. The summed E-state index contributed by atoms with van der Waals surface area (Å²) in [5.74, 6) is 0.0194. The number of hydrogen-bond acceptors (Lipinski definition) is 4.